The van der Waals surface area contributed by atoms with Gasteiger partial charge >= 0.3 is 22.7 Å². The molecular weight excluding hydrogens is 1430 g/mol. The topological polar surface area (TPSA) is 129 Å². The average Bonchev–Trinajstić information content (AvgIpc) is 4.09. The second-order valence-corrected chi connectivity index (χ2v) is 27.2. The SMILES string of the molecule is Brc1cc2sc3ccc4ccccc4c3c2c2ccccc12.CS(=O)c1ccc2ccccc2c1-c1ccc(Br)c2ccccc12.CS(=O)c1ccc2ccccc2c1I.O=S(=O)(O)C(F)(F)F.OB(O)c1ccc(Br)c2ccccc12. The molecule has 1 aromatic heterocycles. The highest BCUT2D eigenvalue weighted by atomic mass is 127. The van der Waals surface area contributed by atoms with Crippen molar-refractivity contribution in [1.29, 1.82) is 0 Å². The van der Waals surface area contributed by atoms with Crippen LogP contribution in [0.15, 0.2) is 236 Å². The minimum atomic E-state index is -5.84. The van der Waals surface area contributed by atoms with E-state index in [9.17, 15) is 21.6 Å². The van der Waals surface area contributed by atoms with Crippen LogP contribution in [0.1, 0.15) is 0 Å². The van der Waals surface area contributed by atoms with Gasteiger partial charge in [0.1, 0.15) is 0 Å². The summed E-state index contributed by atoms with van der Waals surface area (Å²) in [6, 6.07) is 72.1. The Kier molecular flexibility index (Phi) is 19.6. The van der Waals surface area contributed by atoms with Crippen LogP contribution in [-0.2, 0) is 31.7 Å². The average molecular weight is 1480 g/mol. The first-order valence-corrected chi connectivity index (χ1v) is 33.5. The molecule has 0 amide bonds. The molecule has 0 radical (unpaired) electrons. The standard InChI is InChI=1S/C21H15BrOS.C20H11BrS.C11H9IOS.C10H8BBrO2.CHF3O3S/c1-24(23)20-13-10-14-6-2-3-7-15(14)21(20)18-11-12-19(22)17-9-5-4-8-16(17)18;21-16-11-18-20(15-8-4-3-7-14(15)16)19-13-6-2-1-5-12(13)9-10-17(19)22-18;1-14(13)10-7-6-8-4-2-3-5-9(8)11(10)12;12-10-6-5-9(11(13)14)7-3-1-2-4-8(7)10;2-1(3,4)8(5,6)7/h2-13H,1H3;1-11H;2-7H,1H3;1-6,13-14H;(H,5,6,7). The van der Waals surface area contributed by atoms with Crippen LogP contribution in [0.3, 0.4) is 0 Å². The lowest BCUT2D eigenvalue weighted by Gasteiger charge is -2.15. The largest absolute Gasteiger partial charge is 0.522 e. The lowest BCUT2D eigenvalue weighted by atomic mass is 9.77. The first kappa shape index (κ1) is 61.1. The Morgan fingerprint density at radius 3 is 1.43 bits per heavy atom. The van der Waals surface area contributed by atoms with Crippen molar-refractivity contribution in [1.82, 2.24) is 0 Å². The lowest BCUT2D eigenvalue weighted by Crippen LogP contribution is -2.30. The van der Waals surface area contributed by atoms with E-state index in [0.29, 0.717) is 5.46 Å². The number of hydrogen-bond acceptors (Lipinski definition) is 7. The molecule has 0 saturated carbocycles. The maximum Gasteiger partial charge on any atom is 0.522 e. The predicted molar refractivity (Wildman–Crippen MR) is 357 cm³/mol. The van der Waals surface area contributed by atoms with Crippen LogP contribution < -0.4 is 5.46 Å². The number of hydrogen-bond donors (Lipinski definition) is 3. The predicted octanol–water partition coefficient (Wildman–Crippen LogP) is 18.1. The van der Waals surface area contributed by atoms with Gasteiger partial charge in [0.25, 0.3) is 0 Å². The molecule has 13 rings (SSSR count). The molecule has 3 N–H and O–H groups in total. The number of rotatable bonds is 4. The fraction of sp³-hybridized carbons (Fsp3) is 0.0476. The molecule has 19 heteroatoms. The molecule has 12 aromatic carbocycles. The molecule has 2 unspecified atom stereocenters. The molecule has 0 bridgehead atoms. The van der Waals surface area contributed by atoms with Crippen molar-refractivity contribution >= 4 is 211 Å². The van der Waals surface area contributed by atoms with Crippen LogP contribution >= 0.6 is 81.7 Å². The molecule has 0 aliphatic rings. The van der Waals surface area contributed by atoms with Gasteiger partial charge in [0, 0.05) is 60.1 Å². The van der Waals surface area contributed by atoms with E-state index < -0.39 is 44.3 Å². The molecule has 0 saturated heterocycles. The second-order valence-electron chi connectivity index (χ2n) is 18.3. The molecule has 0 spiro atoms. The van der Waals surface area contributed by atoms with Gasteiger partial charge in [0.05, 0.1) is 26.5 Å². The first-order valence-electron chi connectivity index (χ1n) is 24.7. The summed E-state index contributed by atoms with van der Waals surface area (Å²) in [7, 11) is -9.22. The van der Waals surface area contributed by atoms with Gasteiger partial charge < -0.3 is 10.0 Å². The van der Waals surface area contributed by atoms with Crippen LogP contribution in [0, 0.1) is 3.57 Å². The molecule has 0 fully saturated rings. The van der Waals surface area contributed by atoms with Crippen LogP contribution in [-0.4, -0.2) is 56.6 Å². The molecule has 7 nitrogen and oxygen atoms in total. The van der Waals surface area contributed by atoms with Gasteiger partial charge in [-0.15, -0.1) is 11.3 Å². The number of fused-ring (bicyclic) bond motifs is 11. The van der Waals surface area contributed by atoms with Gasteiger partial charge in [0.2, 0.25) is 0 Å². The van der Waals surface area contributed by atoms with Crippen LogP contribution in [0.2, 0.25) is 0 Å². The minimum Gasteiger partial charge on any atom is -0.423 e. The lowest BCUT2D eigenvalue weighted by molar-refractivity contribution is -0.0510. The number of alkyl halides is 3. The smallest absolute Gasteiger partial charge is 0.423 e. The maximum absolute atomic E-state index is 12.4. The molecule has 414 valence electrons. The monoisotopic (exact) mass is 1470 g/mol. The molecular formula is C63H44BBr3F3IO7S4. The third-order valence-corrected chi connectivity index (χ3v) is 20.4. The van der Waals surface area contributed by atoms with Gasteiger partial charge in [-0.2, -0.15) is 21.6 Å². The molecule has 13 aromatic rings. The van der Waals surface area contributed by atoms with Crippen molar-refractivity contribution in [2.75, 3.05) is 12.5 Å². The normalized spacial score (nSPS) is 12.2. The summed E-state index contributed by atoms with van der Waals surface area (Å²) in [6.45, 7) is 0. The van der Waals surface area contributed by atoms with Crippen molar-refractivity contribution in [3.63, 3.8) is 0 Å². The number of halogens is 7. The van der Waals surface area contributed by atoms with Gasteiger partial charge in [-0.05, 0) is 135 Å². The summed E-state index contributed by atoms with van der Waals surface area (Å²) in [6.07, 6.45) is 3.46. The molecule has 82 heavy (non-hydrogen) atoms. The minimum absolute atomic E-state index is 0.531. The number of thiophene rings is 1. The van der Waals surface area contributed by atoms with Crippen LogP contribution in [0.25, 0.3) is 95.9 Å². The highest BCUT2D eigenvalue weighted by molar-refractivity contribution is 14.1. The Bertz CT molecular complexity index is 4740. The quantitative estimate of drug-likeness (QED) is 0.0693. The Morgan fingerprint density at radius 1 is 0.476 bits per heavy atom. The zero-order valence-electron chi connectivity index (χ0n) is 43.0. The molecule has 0 aliphatic carbocycles. The van der Waals surface area contributed by atoms with Crippen LogP contribution in [0.5, 0.6) is 0 Å². The summed E-state index contributed by atoms with van der Waals surface area (Å²) in [4.78, 5) is 1.80. The summed E-state index contributed by atoms with van der Waals surface area (Å²) in [5.41, 5.74) is -2.82. The van der Waals surface area contributed by atoms with Crippen LogP contribution in [0.4, 0.5) is 13.2 Å². The Morgan fingerprint density at radius 2 is 0.878 bits per heavy atom. The summed E-state index contributed by atoms with van der Waals surface area (Å²) < 4.78 is 88.3. The van der Waals surface area contributed by atoms with Crippen molar-refractivity contribution < 1.29 is 44.6 Å². The second kappa shape index (κ2) is 26.2. The van der Waals surface area contributed by atoms with Gasteiger partial charge in [-0.25, -0.2) is 0 Å². The highest BCUT2D eigenvalue weighted by Gasteiger charge is 2.44. The fourth-order valence-corrected chi connectivity index (χ4v) is 15.4. The van der Waals surface area contributed by atoms with Crippen molar-refractivity contribution in [3.05, 3.63) is 229 Å². The van der Waals surface area contributed by atoms with Crippen molar-refractivity contribution in [3.8, 4) is 11.1 Å². The summed E-state index contributed by atoms with van der Waals surface area (Å²) >= 11 is 14.9. The van der Waals surface area contributed by atoms with E-state index in [0.717, 1.165) is 65.8 Å². The van der Waals surface area contributed by atoms with E-state index in [1.165, 1.54) is 57.0 Å². The van der Waals surface area contributed by atoms with E-state index in [-0.39, 0.29) is 0 Å². The Balaban J connectivity index is 0.000000129. The molecule has 1 heterocycles. The maximum atomic E-state index is 12.4. The third kappa shape index (κ3) is 13.2. The fourth-order valence-electron chi connectivity index (χ4n) is 9.55. The van der Waals surface area contributed by atoms with E-state index in [1.54, 1.807) is 18.6 Å². The van der Waals surface area contributed by atoms with Gasteiger partial charge in [-0.1, -0.05) is 224 Å². The first-order chi connectivity index (χ1) is 39.1. The zero-order valence-corrected chi connectivity index (χ0v) is 53.2. The van der Waals surface area contributed by atoms with E-state index in [2.05, 4.69) is 192 Å². The molecule has 0 aliphatic heterocycles. The van der Waals surface area contributed by atoms with Gasteiger partial charge in [0.15, 0.2) is 0 Å². The van der Waals surface area contributed by atoms with E-state index >= 15 is 0 Å². The summed E-state index contributed by atoms with van der Waals surface area (Å²) in [5.74, 6) is 0. The molecule has 2 atom stereocenters. The van der Waals surface area contributed by atoms with Crippen molar-refractivity contribution in [2.24, 2.45) is 0 Å². The van der Waals surface area contributed by atoms with E-state index in [1.807, 2.05) is 96.3 Å². The zero-order chi connectivity index (χ0) is 58.6. The Hall–Kier alpha value is -5.43. The third-order valence-electron chi connectivity index (χ3n) is 13.3. The van der Waals surface area contributed by atoms with E-state index in [4.69, 9.17) is 23.0 Å². The van der Waals surface area contributed by atoms with Gasteiger partial charge in [-0.3, -0.25) is 13.0 Å². The number of benzene rings is 12. The highest BCUT2D eigenvalue weighted by Crippen LogP contribution is 2.44. The van der Waals surface area contributed by atoms with Crippen molar-refractivity contribution in [2.45, 2.75) is 15.3 Å². The summed E-state index contributed by atoms with van der Waals surface area (Å²) in [5, 5.41) is 35.2. The Labute approximate surface area is 518 Å².